The molecule has 2 heteroatoms. The van der Waals surface area contributed by atoms with Crippen molar-refractivity contribution in [3.8, 4) is 5.75 Å². The van der Waals surface area contributed by atoms with Crippen molar-refractivity contribution < 1.29 is 5.11 Å². The molecule has 0 aliphatic carbocycles. The van der Waals surface area contributed by atoms with Crippen LogP contribution < -0.4 is 5.32 Å². The molecule has 2 N–H and O–H groups in total. The zero-order valence-electron chi connectivity index (χ0n) is 9.51. The van der Waals surface area contributed by atoms with Crippen LogP contribution >= 0.6 is 0 Å². The summed E-state index contributed by atoms with van der Waals surface area (Å²) >= 11 is 0. The molecule has 2 nitrogen and oxygen atoms in total. The Morgan fingerprint density at radius 2 is 2.00 bits per heavy atom. The zero-order chi connectivity index (χ0) is 10.8. The maximum absolute atomic E-state index is 9.94. The number of piperidine rings is 1. The second kappa shape index (κ2) is 4.23. The van der Waals surface area contributed by atoms with E-state index in [1.807, 2.05) is 13.0 Å². The molecule has 1 heterocycles. The molecular formula is C13H19NO. The molecular weight excluding hydrogens is 186 g/mol. The molecule has 82 valence electrons. The maximum atomic E-state index is 9.94. The highest BCUT2D eigenvalue weighted by Crippen LogP contribution is 2.32. The molecule has 1 aromatic rings. The van der Waals surface area contributed by atoms with Gasteiger partial charge >= 0.3 is 0 Å². The molecule has 1 aliphatic heterocycles. The van der Waals surface area contributed by atoms with Gasteiger partial charge in [-0.1, -0.05) is 6.07 Å². The van der Waals surface area contributed by atoms with Gasteiger partial charge in [0.15, 0.2) is 0 Å². The minimum atomic E-state index is 0.465. The van der Waals surface area contributed by atoms with E-state index in [9.17, 15) is 5.11 Å². The molecule has 1 atom stereocenters. The monoisotopic (exact) mass is 205 g/mol. The van der Waals surface area contributed by atoms with E-state index in [1.54, 1.807) is 0 Å². The van der Waals surface area contributed by atoms with Gasteiger partial charge in [0.2, 0.25) is 0 Å². The van der Waals surface area contributed by atoms with E-state index >= 15 is 0 Å². The third-order valence-corrected chi connectivity index (χ3v) is 3.38. The van der Waals surface area contributed by atoms with Crippen molar-refractivity contribution in [3.63, 3.8) is 0 Å². The Morgan fingerprint density at radius 3 is 2.67 bits per heavy atom. The first kappa shape index (κ1) is 10.5. The highest BCUT2D eigenvalue weighted by Gasteiger charge is 2.18. The number of aryl methyl sites for hydroxylation is 2. The van der Waals surface area contributed by atoms with Crippen LogP contribution in [0.2, 0.25) is 0 Å². The van der Waals surface area contributed by atoms with Crippen molar-refractivity contribution in [3.05, 3.63) is 28.8 Å². The summed E-state index contributed by atoms with van der Waals surface area (Å²) in [6.07, 6.45) is 2.39. The number of nitrogens with one attached hydrogen (secondary N) is 1. The fraction of sp³-hybridized carbons (Fsp3) is 0.538. The Labute approximate surface area is 91.3 Å². The fourth-order valence-corrected chi connectivity index (χ4v) is 2.27. The average Bonchev–Trinajstić information content (AvgIpc) is 2.25. The molecule has 1 aromatic carbocycles. The van der Waals surface area contributed by atoms with Crippen LogP contribution in [0.4, 0.5) is 0 Å². The lowest BCUT2D eigenvalue weighted by molar-refractivity contribution is 0.425. The Hall–Kier alpha value is -1.02. The summed E-state index contributed by atoms with van der Waals surface area (Å²) in [5.74, 6) is 0.949. The first-order valence-electron chi connectivity index (χ1n) is 5.69. The van der Waals surface area contributed by atoms with Gasteiger partial charge in [0.1, 0.15) is 5.75 Å². The number of benzene rings is 1. The molecule has 15 heavy (non-hydrogen) atoms. The van der Waals surface area contributed by atoms with Gasteiger partial charge in [0, 0.05) is 12.5 Å². The molecule has 0 amide bonds. The summed E-state index contributed by atoms with van der Waals surface area (Å²) < 4.78 is 0. The molecule has 0 aromatic heterocycles. The van der Waals surface area contributed by atoms with E-state index in [0.29, 0.717) is 11.7 Å². The van der Waals surface area contributed by atoms with Crippen LogP contribution in [0.3, 0.4) is 0 Å². The summed E-state index contributed by atoms with van der Waals surface area (Å²) in [4.78, 5) is 0. The number of phenols is 1. The number of hydrogen-bond donors (Lipinski definition) is 2. The average molecular weight is 205 g/mol. The fourth-order valence-electron chi connectivity index (χ4n) is 2.27. The van der Waals surface area contributed by atoms with Crippen LogP contribution in [0.5, 0.6) is 5.75 Å². The Bertz CT molecular complexity index is 354. The van der Waals surface area contributed by atoms with E-state index < -0.39 is 0 Å². The van der Waals surface area contributed by atoms with Crippen LogP contribution in [0.1, 0.15) is 35.4 Å². The maximum Gasteiger partial charge on any atom is 0.119 e. The quantitative estimate of drug-likeness (QED) is 0.738. The van der Waals surface area contributed by atoms with Crippen LogP contribution in [0.15, 0.2) is 12.1 Å². The lowest BCUT2D eigenvalue weighted by atomic mass is 9.89. The molecule has 0 spiro atoms. The van der Waals surface area contributed by atoms with Gasteiger partial charge in [-0.15, -0.1) is 0 Å². The van der Waals surface area contributed by atoms with Gasteiger partial charge in [-0.25, -0.2) is 0 Å². The summed E-state index contributed by atoms with van der Waals surface area (Å²) in [5.41, 5.74) is 3.55. The standard InChI is InChI=1S/C13H19NO/c1-9-6-12(13(15)7-10(9)2)11-4-3-5-14-8-11/h6-7,11,14-15H,3-5,8H2,1-2H3. The van der Waals surface area contributed by atoms with Gasteiger partial charge in [-0.3, -0.25) is 0 Å². The second-order valence-electron chi connectivity index (χ2n) is 4.54. The van der Waals surface area contributed by atoms with Crippen LogP contribution in [0, 0.1) is 13.8 Å². The number of hydrogen-bond acceptors (Lipinski definition) is 2. The lowest BCUT2D eigenvalue weighted by Gasteiger charge is -2.24. The lowest BCUT2D eigenvalue weighted by Crippen LogP contribution is -2.28. The van der Waals surface area contributed by atoms with E-state index in [2.05, 4.69) is 18.3 Å². The molecule has 0 radical (unpaired) electrons. The van der Waals surface area contributed by atoms with Crippen LogP contribution in [-0.2, 0) is 0 Å². The minimum Gasteiger partial charge on any atom is -0.508 e. The van der Waals surface area contributed by atoms with Crippen LogP contribution in [0.25, 0.3) is 0 Å². The number of phenolic OH excluding ortho intramolecular Hbond substituents is 1. The van der Waals surface area contributed by atoms with E-state index in [-0.39, 0.29) is 0 Å². The van der Waals surface area contributed by atoms with Crippen molar-refractivity contribution in [1.82, 2.24) is 5.32 Å². The largest absolute Gasteiger partial charge is 0.508 e. The molecule has 0 bridgehead atoms. The highest BCUT2D eigenvalue weighted by atomic mass is 16.3. The van der Waals surface area contributed by atoms with Crippen molar-refractivity contribution in [2.24, 2.45) is 0 Å². The number of aromatic hydroxyl groups is 1. The normalized spacial score (nSPS) is 21.6. The Kier molecular flexibility index (Phi) is 2.96. The predicted octanol–water partition coefficient (Wildman–Crippen LogP) is 2.48. The molecule has 1 saturated heterocycles. The van der Waals surface area contributed by atoms with Crippen molar-refractivity contribution in [2.75, 3.05) is 13.1 Å². The van der Waals surface area contributed by atoms with Crippen molar-refractivity contribution in [2.45, 2.75) is 32.6 Å². The number of rotatable bonds is 1. The minimum absolute atomic E-state index is 0.465. The van der Waals surface area contributed by atoms with Crippen molar-refractivity contribution in [1.29, 1.82) is 0 Å². The highest BCUT2D eigenvalue weighted by molar-refractivity contribution is 5.43. The smallest absolute Gasteiger partial charge is 0.119 e. The molecule has 1 fully saturated rings. The van der Waals surface area contributed by atoms with E-state index in [4.69, 9.17) is 0 Å². The Morgan fingerprint density at radius 1 is 1.27 bits per heavy atom. The molecule has 1 unspecified atom stereocenters. The predicted molar refractivity (Wildman–Crippen MR) is 62.4 cm³/mol. The topological polar surface area (TPSA) is 32.3 Å². The summed E-state index contributed by atoms with van der Waals surface area (Å²) in [6, 6.07) is 4.03. The summed E-state index contributed by atoms with van der Waals surface area (Å²) in [5, 5.41) is 13.3. The SMILES string of the molecule is Cc1cc(O)c(C2CCCNC2)cc1C. The molecule has 0 saturated carbocycles. The molecule has 2 rings (SSSR count). The Balaban J connectivity index is 2.30. The first-order chi connectivity index (χ1) is 7.18. The van der Waals surface area contributed by atoms with Gasteiger partial charge in [0.05, 0.1) is 0 Å². The summed E-state index contributed by atoms with van der Waals surface area (Å²) in [7, 11) is 0. The summed E-state index contributed by atoms with van der Waals surface area (Å²) in [6.45, 7) is 6.25. The zero-order valence-corrected chi connectivity index (χ0v) is 9.51. The second-order valence-corrected chi connectivity index (χ2v) is 4.54. The molecule has 1 aliphatic rings. The van der Waals surface area contributed by atoms with E-state index in [1.165, 1.54) is 24.0 Å². The van der Waals surface area contributed by atoms with Gasteiger partial charge in [-0.2, -0.15) is 0 Å². The van der Waals surface area contributed by atoms with Gasteiger partial charge in [-0.05, 0) is 56.0 Å². The van der Waals surface area contributed by atoms with E-state index in [0.717, 1.165) is 18.7 Å². The first-order valence-corrected chi connectivity index (χ1v) is 5.69. The van der Waals surface area contributed by atoms with Gasteiger partial charge in [0.25, 0.3) is 0 Å². The third kappa shape index (κ3) is 2.15. The van der Waals surface area contributed by atoms with Crippen molar-refractivity contribution >= 4 is 0 Å². The third-order valence-electron chi connectivity index (χ3n) is 3.38. The van der Waals surface area contributed by atoms with Crippen LogP contribution in [-0.4, -0.2) is 18.2 Å². The van der Waals surface area contributed by atoms with Gasteiger partial charge < -0.3 is 10.4 Å².